The molecule has 2 aromatic rings. The first-order chi connectivity index (χ1) is 14.9. The van der Waals surface area contributed by atoms with Gasteiger partial charge in [0.15, 0.2) is 4.32 Å². The normalized spacial score (nSPS) is 18.1. The number of hydrogen-bond donors (Lipinski definition) is 1. The van der Waals surface area contributed by atoms with Crippen LogP contribution in [0.5, 0.6) is 0 Å². The number of carbonyl (C=O) groups is 3. The lowest BCUT2D eigenvalue weighted by molar-refractivity contribution is -0.124. The SMILES string of the molecule is CCCCN1C(=O)C(=C2SC(=S)N(NC(=O)c3ccc(C)cc3)C2=O)c2ccccc21. The van der Waals surface area contributed by atoms with E-state index in [0.717, 1.165) is 40.9 Å². The molecule has 0 bridgehead atoms. The van der Waals surface area contributed by atoms with Gasteiger partial charge in [0, 0.05) is 17.7 Å². The van der Waals surface area contributed by atoms with Crippen molar-refractivity contribution in [1.29, 1.82) is 0 Å². The molecule has 0 spiro atoms. The molecule has 6 nitrogen and oxygen atoms in total. The third kappa shape index (κ3) is 3.88. The highest BCUT2D eigenvalue weighted by atomic mass is 32.2. The van der Waals surface area contributed by atoms with Crippen LogP contribution in [0.15, 0.2) is 53.4 Å². The van der Waals surface area contributed by atoms with E-state index in [0.29, 0.717) is 23.2 Å². The number of nitrogens with zero attached hydrogens (tertiary/aromatic N) is 2. The number of para-hydroxylation sites is 1. The minimum Gasteiger partial charge on any atom is -0.308 e. The fourth-order valence-electron chi connectivity index (χ4n) is 3.52. The van der Waals surface area contributed by atoms with Crippen LogP contribution >= 0.6 is 24.0 Å². The highest BCUT2D eigenvalue weighted by molar-refractivity contribution is 8.26. The zero-order valence-corrected chi connectivity index (χ0v) is 18.8. The predicted molar refractivity (Wildman–Crippen MR) is 126 cm³/mol. The van der Waals surface area contributed by atoms with Crippen molar-refractivity contribution >= 4 is 57.3 Å². The molecule has 1 fully saturated rings. The molecule has 0 unspecified atom stereocenters. The number of carbonyl (C=O) groups excluding carboxylic acids is 3. The smallest absolute Gasteiger partial charge is 0.286 e. The fraction of sp³-hybridized carbons (Fsp3) is 0.217. The molecule has 31 heavy (non-hydrogen) atoms. The van der Waals surface area contributed by atoms with Gasteiger partial charge in [-0.15, -0.1) is 0 Å². The molecule has 158 valence electrons. The third-order valence-electron chi connectivity index (χ3n) is 5.18. The summed E-state index contributed by atoms with van der Waals surface area (Å²) in [5.74, 6) is -1.14. The molecule has 0 radical (unpaired) electrons. The second-order valence-corrected chi connectivity index (χ2v) is 8.99. The van der Waals surface area contributed by atoms with Crippen LogP contribution in [-0.4, -0.2) is 33.6 Å². The Kier molecular flexibility index (Phi) is 5.93. The Balaban J connectivity index is 1.65. The maximum Gasteiger partial charge on any atom is 0.286 e. The van der Waals surface area contributed by atoms with E-state index in [9.17, 15) is 14.4 Å². The van der Waals surface area contributed by atoms with Crippen molar-refractivity contribution in [2.24, 2.45) is 0 Å². The summed E-state index contributed by atoms with van der Waals surface area (Å²) < 4.78 is 0.185. The van der Waals surface area contributed by atoms with Crippen LogP contribution in [-0.2, 0) is 9.59 Å². The maximum absolute atomic E-state index is 13.2. The molecule has 2 aliphatic rings. The lowest BCUT2D eigenvalue weighted by Crippen LogP contribution is -2.45. The van der Waals surface area contributed by atoms with Gasteiger partial charge in [-0.1, -0.05) is 61.0 Å². The van der Waals surface area contributed by atoms with Crippen molar-refractivity contribution in [2.75, 3.05) is 11.4 Å². The van der Waals surface area contributed by atoms with Gasteiger partial charge in [0.1, 0.15) is 0 Å². The van der Waals surface area contributed by atoms with Crippen LogP contribution in [0.25, 0.3) is 5.57 Å². The minimum absolute atomic E-state index is 0.185. The number of benzene rings is 2. The number of aryl methyl sites for hydroxylation is 1. The number of amides is 3. The highest BCUT2D eigenvalue weighted by Gasteiger charge is 2.42. The monoisotopic (exact) mass is 451 g/mol. The van der Waals surface area contributed by atoms with Gasteiger partial charge in [0.2, 0.25) is 0 Å². The molecule has 0 saturated carbocycles. The summed E-state index contributed by atoms with van der Waals surface area (Å²) in [6.45, 7) is 4.58. The molecule has 2 aliphatic heterocycles. The van der Waals surface area contributed by atoms with Crippen molar-refractivity contribution in [3.05, 3.63) is 70.1 Å². The largest absolute Gasteiger partial charge is 0.308 e. The number of rotatable bonds is 5. The molecule has 0 atom stereocenters. The van der Waals surface area contributed by atoms with Gasteiger partial charge in [0.05, 0.1) is 16.2 Å². The Morgan fingerprint density at radius 2 is 1.77 bits per heavy atom. The second-order valence-electron chi connectivity index (χ2n) is 7.35. The molecule has 0 aliphatic carbocycles. The van der Waals surface area contributed by atoms with E-state index in [1.54, 1.807) is 17.0 Å². The van der Waals surface area contributed by atoms with E-state index in [1.807, 2.05) is 43.3 Å². The number of unbranched alkanes of at least 4 members (excludes halogenated alkanes) is 1. The number of nitrogens with one attached hydrogen (secondary N) is 1. The molecule has 3 amide bonds. The van der Waals surface area contributed by atoms with E-state index < -0.39 is 11.8 Å². The van der Waals surface area contributed by atoms with E-state index in [2.05, 4.69) is 12.3 Å². The van der Waals surface area contributed by atoms with Gasteiger partial charge >= 0.3 is 0 Å². The lowest BCUT2D eigenvalue weighted by Gasteiger charge is -2.16. The summed E-state index contributed by atoms with van der Waals surface area (Å²) in [5.41, 5.74) is 5.87. The molecule has 1 saturated heterocycles. The number of hydrogen-bond acceptors (Lipinski definition) is 5. The second kappa shape index (κ2) is 8.64. The average molecular weight is 452 g/mol. The number of thiocarbonyl (C=S) groups is 1. The van der Waals surface area contributed by atoms with Gasteiger partial charge < -0.3 is 4.90 Å². The molecule has 0 aromatic heterocycles. The van der Waals surface area contributed by atoms with Crippen molar-refractivity contribution in [3.8, 4) is 0 Å². The van der Waals surface area contributed by atoms with Gasteiger partial charge in [0.25, 0.3) is 17.7 Å². The number of anilines is 1. The first-order valence-electron chi connectivity index (χ1n) is 10.0. The van der Waals surface area contributed by atoms with Crippen LogP contribution in [0.1, 0.15) is 41.3 Å². The third-order valence-corrected chi connectivity index (χ3v) is 6.55. The number of fused-ring (bicyclic) bond motifs is 1. The van der Waals surface area contributed by atoms with Gasteiger partial charge in [-0.2, -0.15) is 5.01 Å². The Hall–Kier alpha value is -2.97. The molecule has 2 aromatic carbocycles. The van der Waals surface area contributed by atoms with Crippen molar-refractivity contribution in [2.45, 2.75) is 26.7 Å². The molecule has 8 heteroatoms. The lowest BCUT2D eigenvalue weighted by atomic mass is 10.1. The van der Waals surface area contributed by atoms with Crippen LogP contribution in [0.4, 0.5) is 5.69 Å². The summed E-state index contributed by atoms with van der Waals surface area (Å²) in [6, 6.07) is 14.4. The summed E-state index contributed by atoms with van der Waals surface area (Å²) in [6.07, 6.45) is 1.81. The van der Waals surface area contributed by atoms with Crippen LogP contribution < -0.4 is 10.3 Å². The van der Waals surface area contributed by atoms with Crippen LogP contribution in [0, 0.1) is 6.92 Å². The first-order valence-corrected chi connectivity index (χ1v) is 11.2. The quantitative estimate of drug-likeness (QED) is 0.549. The molecular weight excluding hydrogens is 430 g/mol. The Morgan fingerprint density at radius 3 is 2.48 bits per heavy atom. The van der Waals surface area contributed by atoms with Crippen molar-refractivity contribution in [1.82, 2.24) is 10.4 Å². The van der Waals surface area contributed by atoms with E-state index >= 15 is 0 Å². The summed E-state index contributed by atoms with van der Waals surface area (Å²) in [7, 11) is 0. The molecular formula is C23H21N3O3S2. The topological polar surface area (TPSA) is 69.7 Å². The Bertz CT molecular complexity index is 1130. The molecule has 4 rings (SSSR count). The summed E-state index contributed by atoms with van der Waals surface area (Å²) in [4.78, 5) is 41.0. The predicted octanol–water partition coefficient (Wildman–Crippen LogP) is 4.06. The zero-order chi connectivity index (χ0) is 22.1. The van der Waals surface area contributed by atoms with Gasteiger partial charge in [-0.3, -0.25) is 19.8 Å². The van der Waals surface area contributed by atoms with E-state index in [1.165, 1.54) is 0 Å². The maximum atomic E-state index is 13.2. The minimum atomic E-state index is -0.494. The fourth-order valence-corrected chi connectivity index (χ4v) is 4.78. The van der Waals surface area contributed by atoms with Crippen molar-refractivity contribution < 1.29 is 14.4 Å². The standard InChI is InChI=1S/C23H21N3O3S2/c1-3-4-13-25-17-8-6-5-7-16(17)18(21(25)28)19-22(29)26(23(30)31-19)24-20(27)15-11-9-14(2)10-12-15/h5-12H,3-4,13H2,1-2H3,(H,24,27). The summed E-state index contributed by atoms with van der Waals surface area (Å²) >= 11 is 6.39. The zero-order valence-electron chi connectivity index (χ0n) is 17.2. The van der Waals surface area contributed by atoms with Crippen LogP contribution in [0.3, 0.4) is 0 Å². The Morgan fingerprint density at radius 1 is 1.06 bits per heavy atom. The van der Waals surface area contributed by atoms with E-state index in [-0.39, 0.29) is 15.1 Å². The molecule has 2 heterocycles. The van der Waals surface area contributed by atoms with Gasteiger partial charge in [-0.05, 0) is 43.8 Å². The van der Waals surface area contributed by atoms with Gasteiger partial charge in [-0.25, -0.2) is 0 Å². The number of thioether (sulfide) groups is 1. The number of hydrazine groups is 1. The first kappa shape index (κ1) is 21.3. The molecule has 1 N–H and O–H groups in total. The highest BCUT2D eigenvalue weighted by Crippen LogP contribution is 2.44. The van der Waals surface area contributed by atoms with Crippen LogP contribution in [0.2, 0.25) is 0 Å². The van der Waals surface area contributed by atoms with E-state index in [4.69, 9.17) is 12.2 Å². The average Bonchev–Trinajstić information content (AvgIpc) is 3.19. The summed E-state index contributed by atoms with van der Waals surface area (Å²) in [5, 5.41) is 1.05. The Labute approximate surface area is 190 Å². The van der Waals surface area contributed by atoms with Crippen molar-refractivity contribution in [3.63, 3.8) is 0 Å².